The average molecular weight is 387 g/mol. The van der Waals surface area contributed by atoms with E-state index in [2.05, 4.69) is 6.92 Å². The molecule has 0 amide bonds. The first-order chi connectivity index (χ1) is 12.7. The molecule has 4 nitrogen and oxygen atoms in total. The highest BCUT2D eigenvalue weighted by molar-refractivity contribution is 6.60. The summed E-state index contributed by atoms with van der Waals surface area (Å²) in [5, 5.41) is 0. The van der Waals surface area contributed by atoms with Crippen LogP contribution < -0.4 is 0 Å². The van der Waals surface area contributed by atoms with E-state index < -0.39 is 8.80 Å². The van der Waals surface area contributed by atoms with Crippen molar-refractivity contribution in [2.75, 3.05) is 27.9 Å². The predicted octanol–water partition coefficient (Wildman–Crippen LogP) is 5.44. The summed E-state index contributed by atoms with van der Waals surface area (Å²) in [5.41, 5.74) is 0. The topological polar surface area (TPSA) is 36.9 Å². The zero-order valence-electron chi connectivity index (χ0n) is 17.6. The van der Waals surface area contributed by atoms with Crippen molar-refractivity contribution >= 4 is 8.80 Å². The average Bonchev–Trinajstić information content (AvgIpc) is 2.70. The fourth-order valence-electron chi connectivity index (χ4n) is 5.18. The van der Waals surface area contributed by atoms with Gasteiger partial charge in [0.15, 0.2) is 0 Å². The highest BCUT2D eigenvalue weighted by Crippen LogP contribution is 2.41. The van der Waals surface area contributed by atoms with Crippen LogP contribution in [0.25, 0.3) is 0 Å². The molecule has 0 aliphatic heterocycles. The van der Waals surface area contributed by atoms with Crippen molar-refractivity contribution in [2.45, 2.75) is 89.7 Å². The maximum atomic E-state index is 6.15. The SMILES string of the molecule is CCCC1CCC(C2CCC(OCCC[Si](OC)(OC)OC)CC2)CC1. The molecule has 0 spiro atoms. The molecule has 0 aromatic heterocycles. The van der Waals surface area contributed by atoms with Crippen LogP contribution in [-0.2, 0) is 18.0 Å². The molecule has 0 saturated heterocycles. The van der Waals surface area contributed by atoms with Crippen molar-refractivity contribution in [1.29, 1.82) is 0 Å². The molecule has 0 N–H and O–H groups in total. The van der Waals surface area contributed by atoms with Gasteiger partial charge in [-0.15, -0.1) is 0 Å². The number of hydrogen-bond acceptors (Lipinski definition) is 4. The van der Waals surface area contributed by atoms with Gasteiger partial charge in [-0.25, -0.2) is 0 Å². The second-order valence-corrected chi connectivity index (χ2v) is 11.5. The van der Waals surface area contributed by atoms with E-state index in [0.29, 0.717) is 6.10 Å². The molecular weight excluding hydrogens is 344 g/mol. The summed E-state index contributed by atoms with van der Waals surface area (Å²) in [7, 11) is 2.60. The molecule has 5 heteroatoms. The monoisotopic (exact) mass is 386 g/mol. The summed E-state index contributed by atoms with van der Waals surface area (Å²) >= 11 is 0. The van der Waals surface area contributed by atoms with Crippen LogP contribution in [0.1, 0.15) is 77.6 Å². The van der Waals surface area contributed by atoms with Crippen LogP contribution in [0.2, 0.25) is 6.04 Å². The van der Waals surface area contributed by atoms with E-state index >= 15 is 0 Å². The van der Waals surface area contributed by atoms with E-state index in [0.717, 1.165) is 36.8 Å². The summed E-state index contributed by atoms with van der Waals surface area (Å²) in [6.45, 7) is 3.12. The van der Waals surface area contributed by atoms with E-state index in [9.17, 15) is 0 Å². The lowest BCUT2D eigenvalue weighted by Gasteiger charge is -2.37. The second kappa shape index (κ2) is 11.8. The maximum absolute atomic E-state index is 6.15. The van der Waals surface area contributed by atoms with Gasteiger partial charge in [-0.3, -0.25) is 0 Å². The highest BCUT2D eigenvalue weighted by atomic mass is 28.4. The van der Waals surface area contributed by atoms with E-state index in [1.165, 1.54) is 64.2 Å². The van der Waals surface area contributed by atoms with Crippen LogP contribution in [0.3, 0.4) is 0 Å². The maximum Gasteiger partial charge on any atom is 0.500 e. The Morgan fingerprint density at radius 2 is 1.31 bits per heavy atom. The lowest BCUT2D eigenvalue weighted by atomic mass is 9.70. The third kappa shape index (κ3) is 6.59. The van der Waals surface area contributed by atoms with Crippen molar-refractivity contribution in [1.82, 2.24) is 0 Å². The summed E-state index contributed by atoms with van der Waals surface area (Å²) < 4.78 is 22.6. The Balaban J connectivity index is 1.59. The van der Waals surface area contributed by atoms with Gasteiger partial charge in [-0.2, -0.15) is 0 Å². The molecule has 2 aliphatic carbocycles. The van der Waals surface area contributed by atoms with E-state index in [4.69, 9.17) is 18.0 Å². The minimum Gasteiger partial charge on any atom is -0.378 e. The Morgan fingerprint density at radius 1 is 0.769 bits per heavy atom. The molecular formula is C21H42O4Si. The normalized spacial score (nSPS) is 30.5. The van der Waals surface area contributed by atoms with Gasteiger partial charge < -0.3 is 18.0 Å². The largest absolute Gasteiger partial charge is 0.500 e. The van der Waals surface area contributed by atoms with Crippen molar-refractivity contribution in [3.8, 4) is 0 Å². The first-order valence-corrected chi connectivity index (χ1v) is 12.9. The third-order valence-corrected chi connectivity index (χ3v) is 9.72. The van der Waals surface area contributed by atoms with Gasteiger partial charge in [0.1, 0.15) is 0 Å². The van der Waals surface area contributed by atoms with Crippen molar-refractivity contribution in [3.05, 3.63) is 0 Å². The summed E-state index contributed by atoms with van der Waals surface area (Å²) in [6.07, 6.45) is 15.4. The van der Waals surface area contributed by atoms with Crippen molar-refractivity contribution in [2.24, 2.45) is 17.8 Å². The minimum absolute atomic E-state index is 0.464. The molecule has 0 atom stereocenters. The van der Waals surface area contributed by atoms with Crippen molar-refractivity contribution < 1.29 is 18.0 Å². The molecule has 26 heavy (non-hydrogen) atoms. The lowest BCUT2D eigenvalue weighted by Crippen LogP contribution is -2.42. The van der Waals surface area contributed by atoms with Gasteiger partial charge in [0.2, 0.25) is 0 Å². The van der Waals surface area contributed by atoms with Crippen LogP contribution in [-0.4, -0.2) is 42.8 Å². The molecule has 0 aromatic rings. The fourth-order valence-corrected chi connectivity index (χ4v) is 6.87. The molecule has 0 bridgehead atoms. The molecule has 0 aromatic carbocycles. The fraction of sp³-hybridized carbons (Fsp3) is 1.00. The molecule has 2 rings (SSSR count). The van der Waals surface area contributed by atoms with Gasteiger partial charge in [-0.1, -0.05) is 32.6 Å². The summed E-state index contributed by atoms with van der Waals surface area (Å²) in [5.74, 6) is 2.99. The molecule has 0 unspecified atom stereocenters. The Morgan fingerprint density at radius 3 is 1.81 bits per heavy atom. The van der Waals surface area contributed by atoms with Crippen molar-refractivity contribution in [3.63, 3.8) is 0 Å². The van der Waals surface area contributed by atoms with Gasteiger partial charge in [0.05, 0.1) is 6.10 Å². The van der Waals surface area contributed by atoms with E-state index in [1.807, 2.05) is 0 Å². The van der Waals surface area contributed by atoms with Crippen LogP contribution in [0.15, 0.2) is 0 Å². The van der Waals surface area contributed by atoms with Gasteiger partial charge >= 0.3 is 8.80 Å². The molecule has 2 fully saturated rings. The zero-order valence-corrected chi connectivity index (χ0v) is 18.6. The summed E-state index contributed by atoms with van der Waals surface area (Å²) in [4.78, 5) is 0. The van der Waals surface area contributed by atoms with E-state index in [1.54, 1.807) is 21.3 Å². The van der Waals surface area contributed by atoms with E-state index in [-0.39, 0.29) is 0 Å². The quantitative estimate of drug-likeness (QED) is 0.350. The van der Waals surface area contributed by atoms with Gasteiger partial charge in [0, 0.05) is 34.0 Å². The molecule has 2 aliphatic rings. The Kier molecular flexibility index (Phi) is 10.1. The number of hydrogen-bond donors (Lipinski definition) is 0. The van der Waals surface area contributed by atoms with Crippen LogP contribution in [0.4, 0.5) is 0 Å². The number of rotatable bonds is 11. The van der Waals surface area contributed by atoms with Crippen LogP contribution in [0, 0.1) is 17.8 Å². The first-order valence-electron chi connectivity index (χ1n) is 10.9. The molecule has 154 valence electrons. The standard InChI is InChI=1S/C21H42O4Si/c1-5-7-18-8-10-19(11-9-18)20-12-14-21(15-13-20)25-16-6-17-26(22-2,23-3)24-4/h18-21H,5-17H2,1-4H3. The van der Waals surface area contributed by atoms with Gasteiger partial charge in [0.25, 0.3) is 0 Å². The number of ether oxygens (including phenoxy) is 1. The summed E-state index contributed by atoms with van der Waals surface area (Å²) in [6, 6.07) is 0.826. The highest BCUT2D eigenvalue weighted by Gasteiger charge is 2.37. The predicted molar refractivity (Wildman–Crippen MR) is 108 cm³/mol. The molecule has 2 saturated carbocycles. The molecule has 0 heterocycles. The Bertz CT molecular complexity index is 351. The lowest BCUT2D eigenvalue weighted by molar-refractivity contribution is 0.00549. The minimum atomic E-state index is -2.43. The zero-order chi connectivity index (χ0) is 18.8. The Hall–Kier alpha value is 0.0569. The Labute approximate surface area is 162 Å². The van der Waals surface area contributed by atoms with Crippen LogP contribution in [0.5, 0.6) is 0 Å². The first kappa shape index (κ1) is 22.3. The van der Waals surface area contributed by atoms with Gasteiger partial charge in [-0.05, 0) is 62.7 Å². The van der Waals surface area contributed by atoms with Crippen LogP contribution >= 0.6 is 0 Å². The smallest absolute Gasteiger partial charge is 0.378 e. The second-order valence-electron chi connectivity index (χ2n) is 8.38. The molecule has 0 radical (unpaired) electrons. The third-order valence-electron chi connectivity index (χ3n) is 6.89.